The smallest absolute Gasteiger partial charge is 0.252 e. The highest BCUT2D eigenvalue weighted by atomic mass is 32.2. The van der Waals surface area contributed by atoms with Gasteiger partial charge in [-0.1, -0.05) is 25.7 Å². The quantitative estimate of drug-likeness (QED) is 0.683. The number of sulfonamides is 1. The van der Waals surface area contributed by atoms with Crippen molar-refractivity contribution in [1.82, 2.24) is 14.6 Å². The van der Waals surface area contributed by atoms with E-state index < -0.39 is 10.0 Å². The Morgan fingerprint density at radius 3 is 2.46 bits per heavy atom. The summed E-state index contributed by atoms with van der Waals surface area (Å²) in [6.07, 6.45) is 3.24. The summed E-state index contributed by atoms with van der Waals surface area (Å²) in [5.41, 5.74) is 0.368. The Labute approximate surface area is 165 Å². The molecule has 8 heteroatoms. The monoisotopic (exact) mass is 401 g/mol. The van der Waals surface area contributed by atoms with Gasteiger partial charge in [-0.15, -0.1) is 0 Å². The molecule has 1 aromatic carbocycles. The summed E-state index contributed by atoms with van der Waals surface area (Å²) in [7, 11) is -3.53. The average molecular weight is 401 g/mol. The van der Waals surface area contributed by atoms with Gasteiger partial charge < -0.3 is 10.1 Å². The molecule has 1 amide bonds. The number of hydrogen-bond donors (Lipinski definition) is 1. The second-order valence-electron chi connectivity index (χ2n) is 5.63. The van der Waals surface area contributed by atoms with Gasteiger partial charge in [-0.05, 0) is 36.4 Å². The fraction of sp³-hybridized carbons (Fsp3) is 0.300. The van der Waals surface area contributed by atoms with Crippen molar-refractivity contribution in [3.8, 4) is 17.6 Å². The third-order valence-electron chi connectivity index (χ3n) is 3.87. The first-order chi connectivity index (χ1) is 13.5. The van der Waals surface area contributed by atoms with Gasteiger partial charge in [0.25, 0.3) is 5.91 Å². The molecule has 0 aliphatic heterocycles. The van der Waals surface area contributed by atoms with E-state index in [0.717, 1.165) is 0 Å². The lowest BCUT2D eigenvalue weighted by Crippen LogP contribution is -2.30. The molecule has 0 saturated carbocycles. The van der Waals surface area contributed by atoms with E-state index in [9.17, 15) is 13.2 Å². The molecule has 0 radical (unpaired) electrons. The van der Waals surface area contributed by atoms with Crippen LogP contribution in [0.25, 0.3) is 0 Å². The topological polar surface area (TPSA) is 88.6 Å². The number of rotatable bonds is 8. The third-order valence-corrected chi connectivity index (χ3v) is 5.93. The Hall–Kier alpha value is -2.89. The fourth-order valence-corrected chi connectivity index (χ4v) is 3.84. The van der Waals surface area contributed by atoms with Gasteiger partial charge in [0.05, 0.1) is 17.6 Å². The van der Waals surface area contributed by atoms with Crippen LogP contribution in [0.2, 0.25) is 0 Å². The van der Waals surface area contributed by atoms with Gasteiger partial charge in [-0.2, -0.15) is 4.31 Å². The van der Waals surface area contributed by atoms with Crippen LogP contribution in [0.4, 0.5) is 0 Å². The van der Waals surface area contributed by atoms with E-state index in [1.54, 1.807) is 38.4 Å². The standard InChI is InChI=1S/C20H23N3O4S/c1-3-23(4-2)28(25,26)19-11-9-17(10-12-19)20(24)22-14-5-6-15-27-18-8-7-13-21-16-18/h7-13,16H,3-4,14-15H2,1-2H3,(H,22,24). The van der Waals surface area contributed by atoms with Gasteiger partial charge >= 0.3 is 0 Å². The Balaban J connectivity index is 1.86. The molecule has 7 nitrogen and oxygen atoms in total. The number of nitrogens with zero attached hydrogens (tertiary/aromatic N) is 2. The van der Waals surface area contributed by atoms with Crippen LogP contribution >= 0.6 is 0 Å². The molecular formula is C20H23N3O4S. The second kappa shape index (κ2) is 10.4. The van der Waals surface area contributed by atoms with Crippen molar-refractivity contribution in [2.75, 3.05) is 26.2 Å². The number of carbonyl (C=O) groups excluding carboxylic acids is 1. The van der Waals surface area contributed by atoms with Crippen LogP contribution in [0.5, 0.6) is 5.75 Å². The number of amides is 1. The van der Waals surface area contributed by atoms with Crippen LogP contribution in [0, 0.1) is 11.8 Å². The van der Waals surface area contributed by atoms with Gasteiger partial charge in [-0.25, -0.2) is 8.42 Å². The van der Waals surface area contributed by atoms with E-state index >= 15 is 0 Å². The molecule has 0 fully saturated rings. The Morgan fingerprint density at radius 1 is 1.14 bits per heavy atom. The Kier molecular flexibility index (Phi) is 7.99. The summed E-state index contributed by atoms with van der Waals surface area (Å²) in [6, 6.07) is 9.41. The maximum absolute atomic E-state index is 12.4. The number of carbonyl (C=O) groups is 1. The molecule has 0 saturated heterocycles. The highest BCUT2D eigenvalue weighted by molar-refractivity contribution is 7.89. The van der Waals surface area contributed by atoms with Crippen LogP contribution < -0.4 is 10.1 Å². The van der Waals surface area contributed by atoms with Crippen molar-refractivity contribution in [2.24, 2.45) is 0 Å². The van der Waals surface area contributed by atoms with Crippen molar-refractivity contribution in [2.45, 2.75) is 18.7 Å². The fourth-order valence-electron chi connectivity index (χ4n) is 2.38. The normalized spacial score (nSPS) is 10.8. The highest BCUT2D eigenvalue weighted by Gasteiger charge is 2.21. The van der Waals surface area contributed by atoms with Crippen LogP contribution in [0.3, 0.4) is 0 Å². The van der Waals surface area contributed by atoms with Crippen molar-refractivity contribution in [3.05, 3.63) is 54.4 Å². The number of pyridine rings is 1. The minimum Gasteiger partial charge on any atom is -0.479 e. The minimum atomic E-state index is -3.53. The zero-order valence-electron chi connectivity index (χ0n) is 15.9. The van der Waals surface area contributed by atoms with Gasteiger partial charge in [0, 0.05) is 24.8 Å². The first-order valence-electron chi connectivity index (χ1n) is 8.86. The largest absolute Gasteiger partial charge is 0.479 e. The predicted octanol–water partition coefficient (Wildman–Crippen LogP) is 1.92. The molecule has 0 unspecified atom stereocenters. The van der Waals surface area contributed by atoms with E-state index in [0.29, 0.717) is 24.4 Å². The average Bonchev–Trinajstić information content (AvgIpc) is 2.72. The Morgan fingerprint density at radius 2 is 1.86 bits per heavy atom. The summed E-state index contributed by atoms with van der Waals surface area (Å²) in [5, 5.41) is 2.66. The zero-order valence-corrected chi connectivity index (χ0v) is 16.7. The molecule has 1 heterocycles. The maximum Gasteiger partial charge on any atom is 0.252 e. The number of aromatic nitrogens is 1. The van der Waals surface area contributed by atoms with E-state index in [4.69, 9.17) is 4.74 Å². The summed E-state index contributed by atoms with van der Waals surface area (Å²) < 4.78 is 31.6. The molecule has 1 N–H and O–H groups in total. The lowest BCUT2D eigenvalue weighted by atomic mass is 10.2. The second-order valence-corrected chi connectivity index (χ2v) is 7.57. The molecule has 2 aromatic rings. The molecule has 0 atom stereocenters. The number of benzene rings is 1. The molecule has 0 aliphatic carbocycles. The highest BCUT2D eigenvalue weighted by Crippen LogP contribution is 2.16. The van der Waals surface area contributed by atoms with E-state index in [-0.39, 0.29) is 24.0 Å². The number of ether oxygens (including phenoxy) is 1. The van der Waals surface area contributed by atoms with Crippen molar-refractivity contribution >= 4 is 15.9 Å². The van der Waals surface area contributed by atoms with Crippen molar-refractivity contribution in [3.63, 3.8) is 0 Å². The molecule has 1 aromatic heterocycles. The van der Waals surface area contributed by atoms with Crippen molar-refractivity contribution in [1.29, 1.82) is 0 Å². The number of hydrogen-bond acceptors (Lipinski definition) is 5. The zero-order chi connectivity index (χ0) is 20.4. The Bertz CT molecular complexity index is 929. The van der Waals surface area contributed by atoms with Crippen LogP contribution in [-0.2, 0) is 10.0 Å². The lowest BCUT2D eigenvalue weighted by Gasteiger charge is -2.18. The predicted molar refractivity (Wildman–Crippen MR) is 106 cm³/mol. The van der Waals surface area contributed by atoms with Crippen LogP contribution in [-0.4, -0.2) is 49.9 Å². The van der Waals surface area contributed by atoms with Gasteiger partial charge in [0.15, 0.2) is 0 Å². The lowest BCUT2D eigenvalue weighted by molar-refractivity contribution is 0.0958. The van der Waals surface area contributed by atoms with E-state index in [1.165, 1.54) is 28.6 Å². The molecule has 0 bridgehead atoms. The summed E-state index contributed by atoms with van der Waals surface area (Å²) >= 11 is 0. The van der Waals surface area contributed by atoms with E-state index in [1.807, 2.05) is 0 Å². The number of nitrogens with one attached hydrogen (secondary N) is 1. The first-order valence-corrected chi connectivity index (χ1v) is 10.3. The maximum atomic E-state index is 12.4. The first kappa shape index (κ1) is 21.4. The summed E-state index contributed by atoms with van der Waals surface area (Å²) in [5.74, 6) is 5.89. The van der Waals surface area contributed by atoms with Gasteiger partial charge in [-0.3, -0.25) is 9.78 Å². The molecule has 28 heavy (non-hydrogen) atoms. The van der Waals surface area contributed by atoms with Gasteiger partial charge in [0.2, 0.25) is 10.0 Å². The van der Waals surface area contributed by atoms with Crippen molar-refractivity contribution < 1.29 is 17.9 Å². The molecular weight excluding hydrogens is 378 g/mol. The molecule has 2 rings (SSSR count). The van der Waals surface area contributed by atoms with Gasteiger partial charge in [0.1, 0.15) is 12.4 Å². The molecule has 0 spiro atoms. The summed E-state index contributed by atoms with van der Waals surface area (Å²) in [6.45, 7) is 4.71. The minimum absolute atomic E-state index is 0.161. The van der Waals surface area contributed by atoms with E-state index in [2.05, 4.69) is 22.1 Å². The summed E-state index contributed by atoms with van der Waals surface area (Å²) in [4.78, 5) is 16.2. The third kappa shape index (κ3) is 5.81. The molecule has 0 aliphatic rings. The van der Waals surface area contributed by atoms with Crippen LogP contribution in [0.1, 0.15) is 24.2 Å². The SMILES string of the molecule is CCN(CC)S(=O)(=O)c1ccc(C(=O)NCC#CCOc2cccnc2)cc1. The molecule has 148 valence electrons. The van der Waals surface area contributed by atoms with Crippen LogP contribution in [0.15, 0.2) is 53.7 Å².